The maximum Gasteiger partial charge on any atom is 0.269 e. The van der Waals surface area contributed by atoms with Gasteiger partial charge in [-0.15, -0.1) is 0 Å². The summed E-state index contributed by atoms with van der Waals surface area (Å²) in [4.78, 5) is 16.2. The Balaban J connectivity index is 1.83. The fraction of sp³-hybridized carbons (Fsp3) is 0.385. The second-order valence-corrected chi connectivity index (χ2v) is 5.24. The lowest BCUT2D eigenvalue weighted by molar-refractivity contribution is 0.0950. The van der Waals surface area contributed by atoms with Gasteiger partial charge in [-0.1, -0.05) is 6.07 Å². The number of aromatic nitrogens is 2. The molecule has 0 radical (unpaired) electrons. The highest BCUT2D eigenvalue weighted by molar-refractivity contribution is 7.99. The molecule has 2 aromatic heterocycles. The van der Waals surface area contributed by atoms with Crippen molar-refractivity contribution in [2.75, 3.05) is 24.7 Å². The first-order chi connectivity index (χ1) is 9.33. The molecular weight excluding hydrogens is 262 g/mol. The Morgan fingerprint density at radius 1 is 1.42 bits per heavy atom. The Bertz CT molecular complexity index is 541. The number of thioether (sulfide) groups is 1. The summed E-state index contributed by atoms with van der Waals surface area (Å²) in [7, 11) is 0. The lowest BCUT2D eigenvalue weighted by Gasteiger charge is -2.04. The van der Waals surface area contributed by atoms with E-state index >= 15 is 0 Å². The molecule has 2 N–H and O–H groups in total. The molecule has 1 amide bonds. The summed E-state index contributed by atoms with van der Waals surface area (Å²) in [6.45, 7) is 0.843. The van der Waals surface area contributed by atoms with E-state index in [0.29, 0.717) is 12.2 Å². The minimum atomic E-state index is -0.110. The van der Waals surface area contributed by atoms with E-state index in [1.54, 1.807) is 22.4 Å². The number of fused-ring (bicyclic) bond motifs is 1. The van der Waals surface area contributed by atoms with Crippen molar-refractivity contribution in [2.45, 2.75) is 6.42 Å². The van der Waals surface area contributed by atoms with Crippen molar-refractivity contribution in [3.8, 4) is 0 Å². The molecule has 5 nitrogen and oxygen atoms in total. The van der Waals surface area contributed by atoms with E-state index in [1.807, 2.05) is 24.4 Å². The summed E-state index contributed by atoms with van der Waals surface area (Å²) in [5, 5.41) is 11.5. The summed E-state index contributed by atoms with van der Waals surface area (Å²) in [6, 6.07) is 5.62. The van der Waals surface area contributed by atoms with Crippen LogP contribution in [-0.4, -0.2) is 45.1 Å². The largest absolute Gasteiger partial charge is 0.396 e. The number of nitrogens with one attached hydrogen (secondary N) is 1. The minimum Gasteiger partial charge on any atom is -0.396 e. The summed E-state index contributed by atoms with van der Waals surface area (Å²) in [6.07, 6.45) is 4.21. The van der Waals surface area contributed by atoms with Crippen molar-refractivity contribution in [3.05, 3.63) is 36.3 Å². The van der Waals surface area contributed by atoms with Crippen LogP contribution in [-0.2, 0) is 0 Å². The average molecular weight is 279 g/mol. The van der Waals surface area contributed by atoms with Gasteiger partial charge in [0.15, 0.2) is 0 Å². The van der Waals surface area contributed by atoms with Gasteiger partial charge in [0.05, 0.1) is 6.20 Å². The molecule has 0 fully saturated rings. The molecule has 2 rings (SSSR count). The van der Waals surface area contributed by atoms with Gasteiger partial charge in [-0.05, 0) is 24.3 Å². The van der Waals surface area contributed by atoms with E-state index in [-0.39, 0.29) is 12.5 Å². The summed E-state index contributed by atoms with van der Waals surface area (Å²) in [5.41, 5.74) is 1.32. The van der Waals surface area contributed by atoms with Gasteiger partial charge in [0.25, 0.3) is 5.91 Å². The zero-order valence-electron chi connectivity index (χ0n) is 10.6. The zero-order chi connectivity index (χ0) is 13.5. The molecule has 0 aliphatic carbocycles. The number of amides is 1. The molecule has 0 unspecified atom stereocenters. The molecule has 102 valence electrons. The Morgan fingerprint density at radius 2 is 2.32 bits per heavy atom. The van der Waals surface area contributed by atoms with Gasteiger partial charge < -0.3 is 10.4 Å². The number of hydrogen-bond donors (Lipinski definition) is 2. The highest BCUT2D eigenvalue weighted by Gasteiger charge is 2.10. The summed E-state index contributed by atoms with van der Waals surface area (Å²) in [5.74, 6) is 1.66. The van der Waals surface area contributed by atoms with Crippen molar-refractivity contribution in [2.24, 2.45) is 0 Å². The van der Waals surface area contributed by atoms with E-state index in [9.17, 15) is 4.79 Å². The van der Waals surface area contributed by atoms with Crippen LogP contribution in [0.3, 0.4) is 0 Å². The average Bonchev–Trinajstić information content (AvgIpc) is 2.86. The molecule has 0 bridgehead atoms. The van der Waals surface area contributed by atoms with Crippen molar-refractivity contribution >= 4 is 23.3 Å². The molecule has 0 saturated carbocycles. The number of aliphatic hydroxyl groups is 1. The Labute approximate surface area is 116 Å². The third-order valence-corrected chi connectivity index (χ3v) is 3.70. The van der Waals surface area contributed by atoms with Gasteiger partial charge in [-0.25, -0.2) is 4.98 Å². The number of hydrogen-bond acceptors (Lipinski definition) is 4. The third-order valence-electron chi connectivity index (χ3n) is 2.63. The van der Waals surface area contributed by atoms with Gasteiger partial charge in [-0.2, -0.15) is 11.8 Å². The van der Waals surface area contributed by atoms with E-state index in [4.69, 9.17) is 5.11 Å². The molecule has 6 heteroatoms. The summed E-state index contributed by atoms with van der Waals surface area (Å²) >= 11 is 1.72. The number of rotatable bonds is 7. The van der Waals surface area contributed by atoms with Gasteiger partial charge in [0.2, 0.25) is 0 Å². The van der Waals surface area contributed by atoms with Gasteiger partial charge in [-0.3, -0.25) is 9.20 Å². The maximum absolute atomic E-state index is 12.0. The lowest BCUT2D eigenvalue weighted by Crippen LogP contribution is -2.26. The zero-order valence-corrected chi connectivity index (χ0v) is 11.4. The highest BCUT2D eigenvalue weighted by atomic mass is 32.2. The predicted molar refractivity (Wildman–Crippen MR) is 76.6 cm³/mol. The number of nitrogens with zero attached hydrogens (tertiary/aromatic N) is 2. The van der Waals surface area contributed by atoms with Gasteiger partial charge in [0, 0.05) is 25.1 Å². The van der Waals surface area contributed by atoms with Crippen LogP contribution in [0.1, 0.15) is 16.9 Å². The van der Waals surface area contributed by atoms with Crippen LogP contribution in [0.4, 0.5) is 0 Å². The first-order valence-electron chi connectivity index (χ1n) is 6.22. The van der Waals surface area contributed by atoms with Crippen LogP contribution < -0.4 is 5.32 Å². The van der Waals surface area contributed by atoms with Gasteiger partial charge in [0.1, 0.15) is 11.3 Å². The molecule has 19 heavy (non-hydrogen) atoms. The molecule has 0 aliphatic heterocycles. The Hall–Kier alpha value is -1.53. The molecule has 0 aliphatic rings. The van der Waals surface area contributed by atoms with E-state index < -0.39 is 0 Å². The smallest absolute Gasteiger partial charge is 0.269 e. The fourth-order valence-electron chi connectivity index (χ4n) is 1.70. The fourth-order valence-corrected chi connectivity index (χ4v) is 2.48. The number of carbonyl (C=O) groups excluding carboxylic acids is 1. The van der Waals surface area contributed by atoms with E-state index in [1.165, 1.54) is 0 Å². The minimum absolute atomic E-state index is 0.110. The third kappa shape index (κ3) is 3.71. The quantitative estimate of drug-likeness (QED) is 0.747. The first-order valence-corrected chi connectivity index (χ1v) is 7.37. The second kappa shape index (κ2) is 7.16. The molecular formula is C13H17N3O2S. The summed E-state index contributed by atoms with van der Waals surface area (Å²) < 4.78 is 1.77. The first kappa shape index (κ1) is 13.9. The van der Waals surface area contributed by atoms with E-state index in [2.05, 4.69) is 10.3 Å². The van der Waals surface area contributed by atoms with Crippen LogP contribution in [0.15, 0.2) is 30.6 Å². The van der Waals surface area contributed by atoms with Gasteiger partial charge >= 0.3 is 0 Å². The highest BCUT2D eigenvalue weighted by Crippen LogP contribution is 2.06. The number of aliphatic hydroxyl groups excluding tert-OH is 1. The molecule has 0 spiro atoms. The molecule has 0 aromatic carbocycles. The normalized spacial score (nSPS) is 10.8. The Kier molecular flexibility index (Phi) is 5.23. The molecule has 2 heterocycles. The van der Waals surface area contributed by atoms with Crippen molar-refractivity contribution in [1.29, 1.82) is 0 Å². The standard InChI is InChI=1S/C13H17N3O2S/c17-7-3-8-19-9-5-14-13(18)11-10-15-12-4-1-2-6-16(11)12/h1-2,4,6,10,17H,3,5,7-9H2,(H,14,18). The molecule has 0 atom stereocenters. The van der Waals surface area contributed by atoms with Crippen molar-refractivity contribution < 1.29 is 9.90 Å². The van der Waals surface area contributed by atoms with Crippen molar-refractivity contribution in [1.82, 2.24) is 14.7 Å². The van der Waals surface area contributed by atoms with Crippen LogP contribution in [0.5, 0.6) is 0 Å². The van der Waals surface area contributed by atoms with Crippen LogP contribution >= 0.6 is 11.8 Å². The SMILES string of the molecule is O=C(NCCSCCCO)c1cnc2ccccn12. The van der Waals surface area contributed by atoms with E-state index in [0.717, 1.165) is 23.6 Å². The van der Waals surface area contributed by atoms with Crippen molar-refractivity contribution in [3.63, 3.8) is 0 Å². The van der Waals surface area contributed by atoms with Crippen LogP contribution in [0.2, 0.25) is 0 Å². The molecule has 0 saturated heterocycles. The monoisotopic (exact) mass is 279 g/mol. The number of imidazole rings is 1. The Morgan fingerprint density at radius 3 is 3.16 bits per heavy atom. The van der Waals surface area contributed by atoms with Crippen LogP contribution in [0, 0.1) is 0 Å². The number of pyridine rings is 1. The molecule has 2 aromatic rings. The maximum atomic E-state index is 12.0. The topological polar surface area (TPSA) is 66.6 Å². The lowest BCUT2D eigenvalue weighted by atomic mass is 10.4. The van der Waals surface area contributed by atoms with Crippen LogP contribution in [0.25, 0.3) is 5.65 Å². The second-order valence-electron chi connectivity index (χ2n) is 4.02. The number of carbonyl (C=O) groups is 1. The predicted octanol–water partition coefficient (Wildman–Crippen LogP) is 1.18.